The molecule has 1 aromatic heterocycles. The molecule has 1 aromatic rings. The Balaban J connectivity index is 1.47. The number of nitrogens with one attached hydrogen (secondary N) is 3. The lowest BCUT2D eigenvalue weighted by Gasteiger charge is -2.21. The van der Waals surface area contributed by atoms with E-state index in [0.29, 0.717) is 25.5 Å². The lowest BCUT2D eigenvalue weighted by Crippen LogP contribution is -2.27. The second-order valence-electron chi connectivity index (χ2n) is 7.66. The van der Waals surface area contributed by atoms with E-state index in [0.717, 1.165) is 43.7 Å². The van der Waals surface area contributed by atoms with Gasteiger partial charge >= 0.3 is 0 Å². The smallest absolute Gasteiger partial charge is 0.243 e. The molecule has 0 aliphatic heterocycles. The maximum Gasteiger partial charge on any atom is 0.243 e. The molecule has 164 valence electrons. The highest BCUT2D eigenvalue weighted by Gasteiger charge is 2.13. The molecule has 0 atom stereocenters. The summed E-state index contributed by atoms with van der Waals surface area (Å²) >= 11 is 0. The van der Waals surface area contributed by atoms with Crippen LogP contribution in [-0.4, -0.2) is 30.0 Å². The van der Waals surface area contributed by atoms with Gasteiger partial charge in [-0.15, -0.1) is 0 Å². The number of carbonyl (C=O) groups excluding carboxylic acids is 1. The van der Waals surface area contributed by atoms with E-state index in [1.807, 2.05) is 6.19 Å². The number of aliphatic imine (C=N–C) groups is 1. The highest BCUT2D eigenvalue weighted by molar-refractivity contribution is 5.94. The third kappa shape index (κ3) is 10.8. The minimum Gasteiger partial charge on any atom is -0.325 e. The number of hydrogen-bond acceptors (Lipinski definition) is 5. The zero-order valence-electron chi connectivity index (χ0n) is 17.7. The van der Waals surface area contributed by atoms with Crippen LogP contribution >= 0.6 is 0 Å². The number of unbranched alkanes of at least 4 members (excludes halogenated alkanes) is 3. The van der Waals surface area contributed by atoms with Crippen LogP contribution in [0, 0.1) is 17.4 Å². The van der Waals surface area contributed by atoms with Gasteiger partial charge in [-0.1, -0.05) is 44.9 Å². The molecule has 1 aliphatic rings. The molecule has 1 heterocycles. The zero-order valence-corrected chi connectivity index (χ0v) is 17.7. The molecule has 3 N–H and O–H groups in total. The van der Waals surface area contributed by atoms with Gasteiger partial charge in [-0.2, -0.15) is 5.26 Å². The fourth-order valence-corrected chi connectivity index (χ4v) is 3.56. The largest absolute Gasteiger partial charge is 0.325 e. The van der Waals surface area contributed by atoms with Crippen molar-refractivity contribution in [2.45, 2.75) is 70.6 Å². The fourth-order valence-electron chi connectivity index (χ4n) is 3.56. The summed E-state index contributed by atoms with van der Waals surface area (Å²) in [6.45, 7) is 1.22. The van der Waals surface area contributed by atoms with E-state index in [9.17, 15) is 4.79 Å². The molecule has 8 heteroatoms. The van der Waals surface area contributed by atoms with E-state index < -0.39 is 0 Å². The molecule has 0 bridgehead atoms. The summed E-state index contributed by atoms with van der Waals surface area (Å²) < 4.78 is 0. The normalized spacial score (nSPS) is 14.7. The predicted molar refractivity (Wildman–Crippen MR) is 117 cm³/mol. The van der Waals surface area contributed by atoms with Crippen molar-refractivity contribution in [3.63, 3.8) is 0 Å². The number of nitriles is 1. The molecule has 2 rings (SSSR count). The first-order chi connectivity index (χ1) is 14.8. The third-order valence-corrected chi connectivity index (χ3v) is 5.24. The summed E-state index contributed by atoms with van der Waals surface area (Å²) in [5.41, 5.74) is 3.38. The number of carbonyl (C=O) groups is 1. The number of hydrogen-bond donors (Lipinski definition) is 3. The van der Waals surface area contributed by atoms with E-state index in [-0.39, 0.29) is 5.91 Å². The van der Waals surface area contributed by atoms with Crippen molar-refractivity contribution in [2.24, 2.45) is 10.9 Å². The minimum absolute atomic E-state index is 0.0428. The van der Waals surface area contributed by atoms with Crippen molar-refractivity contribution >= 4 is 17.6 Å². The quantitative estimate of drug-likeness (QED) is 0.119. The van der Waals surface area contributed by atoms with Crippen LogP contribution in [-0.2, 0) is 9.63 Å². The summed E-state index contributed by atoms with van der Waals surface area (Å²) in [5.74, 6) is 1.15. The van der Waals surface area contributed by atoms with E-state index in [2.05, 4.69) is 26.1 Å². The number of aromatic nitrogens is 1. The molecule has 1 saturated carbocycles. The van der Waals surface area contributed by atoms with Crippen LogP contribution in [0.1, 0.15) is 70.6 Å². The summed E-state index contributed by atoms with van der Waals surface area (Å²) in [5, 5.41) is 14.4. The number of rotatable bonds is 12. The van der Waals surface area contributed by atoms with Crippen LogP contribution in [0.4, 0.5) is 5.69 Å². The average molecular weight is 415 g/mol. The standard InChI is InChI=1S/C22H34N6O2/c23-18-26-22(27-20-11-15-24-16-12-20)25-14-7-2-1-6-10-21(29)28-30-17-13-19-8-4-3-5-9-19/h11-12,15-16,19H,1-10,13-14,17H2,(H,28,29)(H2,24,25,26,27). The number of hydroxylamine groups is 1. The Morgan fingerprint density at radius 2 is 1.93 bits per heavy atom. The van der Waals surface area contributed by atoms with Gasteiger partial charge in [0.05, 0.1) is 6.61 Å². The molecular weight excluding hydrogens is 380 g/mol. The van der Waals surface area contributed by atoms with Gasteiger partial charge in [0.1, 0.15) is 0 Å². The summed E-state index contributed by atoms with van der Waals surface area (Å²) in [6, 6.07) is 3.61. The molecular formula is C22H34N6O2. The van der Waals surface area contributed by atoms with Crippen LogP contribution < -0.4 is 16.1 Å². The van der Waals surface area contributed by atoms with Crippen molar-refractivity contribution in [3.05, 3.63) is 24.5 Å². The second-order valence-corrected chi connectivity index (χ2v) is 7.66. The van der Waals surface area contributed by atoms with Gasteiger partial charge in [0, 0.05) is 31.0 Å². The molecule has 0 aromatic carbocycles. The van der Waals surface area contributed by atoms with E-state index in [4.69, 9.17) is 10.1 Å². The molecule has 0 saturated heterocycles. The molecule has 8 nitrogen and oxygen atoms in total. The van der Waals surface area contributed by atoms with Gasteiger partial charge in [-0.05, 0) is 37.3 Å². The molecule has 1 fully saturated rings. The van der Waals surface area contributed by atoms with Crippen LogP contribution in [0.25, 0.3) is 0 Å². The number of pyridine rings is 1. The summed E-state index contributed by atoms with van der Waals surface area (Å²) in [4.78, 5) is 25.5. The lowest BCUT2D eigenvalue weighted by atomic mass is 9.87. The second kappa shape index (κ2) is 15.2. The summed E-state index contributed by atoms with van der Waals surface area (Å²) in [7, 11) is 0. The van der Waals surface area contributed by atoms with E-state index in [1.54, 1.807) is 24.5 Å². The Morgan fingerprint density at radius 3 is 2.70 bits per heavy atom. The Morgan fingerprint density at radius 1 is 1.17 bits per heavy atom. The molecule has 0 spiro atoms. The van der Waals surface area contributed by atoms with E-state index >= 15 is 0 Å². The van der Waals surface area contributed by atoms with Crippen molar-refractivity contribution in [1.29, 1.82) is 5.26 Å². The number of anilines is 1. The molecule has 0 radical (unpaired) electrons. The van der Waals surface area contributed by atoms with E-state index in [1.165, 1.54) is 32.1 Å². The molecule has 0 unspecified atom stereocenters. The maximum atomic E-state index is 11.8. The van der Waals surface area contributed by atoms with Crippen molar-refractivity contribution in [1.82, 2.24) is 15.8 Å². The monoisotopic (exact) mass is 414 g/mol. The average Bonchev–Trinajstić information content (AvgIpc) is 2.77. The fraction of sp³-hybridized carbons (Fsp3) is 0.636. The maximum absolute atomic E-state index is 11.8. The van der Waals surface area contributed by atoms with Gasteiger partial charge in [0.25, 0.3) is 0 Å². The molecule has 30 heavy (non-hydrogen) atoms. The first-order valence-electron chi connectivity index (χ1n) is 11.0. The van der Waals surface area contributed by atoms with Crippen molar-refractivity contribution in [3.8, 4) is 6.19 Å². The highest BCUT2D eigenvalue weighted by atomic mass is 16.6. The van der Waals surface area contributed by atoms with Gasteiger partial charge in [0.2, 0.25) is 11.9 Å². The third-order valence-electron chi connectivity index (χ3n) is 5.24. The highest BCUT2D eigenvalue weighted by Crippen LogP contribution is 2.25. The van der Waals surface area contributed by atoms with Gasteiger partial charge in [0.15, 0.2) is 6.19 Å². The van der Waals surface area contributed by atoms with Crippen molar-refractivity contribution in [2.75, 3.05) is 18.5 Å². The zero-order chi connectivity index (χ0) is 21.3. The Labute approximate surface area is 179 Å². The van der Waals surface area contributed by atoms with Gasteiger partial charge in [-0.3, -0.25) is 24.9 Å². The molecule has 1 amide bonds. The van der Waals surface area contributed by atoms with Crippen molar-refractivity contribution < 1.29 is 9.63 Å². The topological polar surface area (TPSA) is 111 Å². The first kappa shape index (κ1) is 23.6. The Hall–Kier alpha value is -2.66. The number of guanidine groups is 1. The van der Waals surface area contributed by atoms with Crippen LogP contribution in [0.3, 0.4) is 0 Å². The summed E-state index contributed by atoms with van der Waals surface area (Å²) in [6.07, 6.45) is 17.1. The first-order valence-corrected chi connectivity index (χ1v) is 11.0. The van der Waals surface area contributed by atoms with Gasteiger partial charge < -0.3 is 5.32 Å². The number of amides is 1. The minimum atomic E-state index is -0.0428. The Bertz CT molecular complexity index is 668. The number of nitrogens with zero attached hydrogens (tertiary/aromatic N) is 3. The Kier molecular flexibility index (Phi) is 12.0. The lowest BCUT2D eigenvalue weighted by molar-refractivity contribution is -0.134. The SMILES string of the molecule is N#CNC(=NCCCCCCC(=O)NOCCC1CCCCC1)Nc1ccncc1. The van der Waals surface area contributed by atoms with Crippen LogP contribution in [0.5, 0.6) is 0 Å². The van der Waals surface area contributed by atoms with Crippen LogP contribution in [0.15, 0.2) is 29.5 Å². The van der Waals surface area contributed by atoms with Crippen LogP contribution in [0.2, 0.25) is 0 Å². The predicted octanol–water partition coefficient (Wildman–Crippen LogP) is 3.89. The van der Waals surface area contributed by atoms with Gasteiger partial charge in [-0.25, -0.2) is 5.48 Å². The molecule has 1 aliphatic carbocycles.